The van der Waals surface area contributed by atoms with Crippen LogP contribution in [0.5, 0.6) is 0 Å². The number of nitrogens with zero attached hydrogens (tertiary/aromatic N) is 1. The van der Waals surface area contributed by atoms with Crippen LogP contribution in [0.1, 0.15) is 46.1 Å². The monoisotopic (exact) mass is 510 g/mol. The third-order valence-electron chi connectivity index (χ3n) is 6.14. The summed E-state index contributed by atoms with van der Waals surface area (Å²) in [6.45, 7) is 8.41. The van der Waals surface area contributed by atoms with Gasteiger partial charge in [0, 0.05) is 13.1 Å². The fourth-order valence-electron chi connectivity index (χ4n) is 4.21. The van der Waals surface area contributed by atoms with Crippen molar-refractivity contribution in [3.05, 3.63) is 35.9 Å². The highest BCUT2D eigenvalue weighted by atomic mass is 32.2. The number of sulfonamides is 1. The number of nitrogens with one attached hydrogen (secondary N) is 3. The van der Waals surface area contributed by atoms with Crippen LogP contribution in [-0.2, 0) is 26.0 Å². The lowest BCUT2D eigenvalue weighted by Crippen LogP contribution is -2.58. The first-order chi connectivity index (χ1) is 16.4. The second-order valence-electron chi connectivity index (χ2n) is 10.2. The molecular weight excluding hydrogens is 468 g/mol. The van der Waals surface area contributed by atoms with Crippen molar-refractivity contribution in [1.82, 2.24) is 20.3 Å². The number of rotatable bonds is 13. The Hall–Kier alpha value is -2.01. The molecule has 0 aromatic heterocycles. The summed E-state index contributed by atoms with van der Waals surface area (Å²) >= 11 is 0. The normalized spacial score (nSPS) is 19.1. The van der Waals surface area contributed by atoms with Gasteiger partial charge in [0.2, 0.25) is 21.8 Å². The van der Waals surface area contributed by atoms with Gasteiger partial charge in [0.25, 0.3) is 0 Å². The molecule has 0 aliphatic carbocycles. The van der Waals surface area contributed by atoms with Gasteiger partial charge in [-0.25, -0.2) is 8.42 Å². The Labute approximate surface area is 210 Å². The molecule has 1 aliphatic rings. The Kier molecular flexibility index (Phi) is 11.1. The molecule has 2 rings (SSSR count). The number of amides is 2. The van der Waals surface area contributed by atoms with Gasteiger partial charge in [-0.3, -0.25) is 9.59 Å². The van der Waals surface area contributed by atoms with Crippen molar-refractivity contribution in [3.8, 4) is 0 Å². The summed E-state index contributed by atoms with van der Waals surface area (Å²) < 4.78 is 25.9. The lowest BCUT2D eigenvalue weighted by Gasteiger charge is -2.32. The maximum atomic E-state index is 13.3. The van der Waals surface area contributed by atoms with E-state index < -0.39 is 34.1 Å². The number of benzene rings is 1. The van der Waals surface area contributed by atoms with Crippen molar-refractivity contribution >= 4 is 21.8 Å². The second kappa shape index (κ2) is 13.3. The third kappa shape index (κ3) is 9.51. The minimum absolute atomic E-state index is 0.0730. The Morgan fingerprint density at radius 1 is 1.11 bits per heavy atom. The minimum atomic E-state index is -3.55. The number of aliphatic hydroxyl groups is 1. The van der Waals surface area contributed by atoms with Crippen molar-refractivity contribution in [2.45, 2.75) is 71.2 Å². The van der Waals surface area contributed by atoms with Gasteiger partial charge in [-0.2, -0.15) is 4.31 Å². The molecule has 198 valence electrons. The van der Waals surface area contributed by atoms with E-state index >= 15 is 0 Å². The van der Waals surface area contributed by atoms with Crippen LogP contribution < -0.4 is 16.0 Å². The van der Waals surface area contributed by atoms with E-state index in [9.17, 15) is 23.1 Å². The zero-order valence-corrected chi connectivity index (χ0v) is 22.3. The van der Waals surface area contributed by atoms with Gasteiger partial charge in [-0.15, -0.1) is 0 Å². The Balaban J connectivity index is 2.21. The second-order valence-corrected chi connectivity index (χ2v) is 12.2. The summed E-state index contributed by atoms with van der Waals surface area (Å²) in [6, 6.07) is 7.56. The fourth-order valence-corrected chi connectivity index (χ4v) is 5.20. The van der Waals surface area contributed by atoms with Crippen LogP contribution in [0.4, 0.5) is 0 Å². The van der Waals surface area contributed by atoms with Gasteiger partial charge in [-0.1, -0.05) is 58.0 Å². The summed E-state index contributed by atoms with van der Waals surface area (Å²) in [5.41, 5.74) is 0.895. The number of carbonyl (C=O) groups is 2. The maximum Gasteiger partial charge on any atom is 0.243 e. The molecule has 0 bridgehead atoms. The first-order valence-corrected chi connectivity index (χ1v) is 14.2. The van der Waals surface area contributed by atoms with Gasteiger partial charge in [-0.05, 0) is 43.2 Å². The van der Waals surface area contributed by atoms with Crippen molar-refractivity contribution in [3.63, 3.8) is 0 Å². The van der Waals surface area contributed by atoms with E-state index in [2.05, 4.69) is 16.0 Å². The van der Waals surface area contributed by atoms with Crippen molar-refractivity contribution in [1.29, 1.82) is 0 Å². The van der Waals surface area contributed by atoms with Gasteiger partial charge in [0.05, 0.1) is 24.4 Å². The summed E-state index contributed by atoms with van der Waals surface area (Å²) in [5.74, 6) is -0.718. The highest BCUT2D eigenvalue weighted by molar-refractivity contribution is 7.88. The van der Waals surface area contributed by atoms with E-state index in [4.69, 9.17) is 0 Å². The molecule has 1 aromatic carbocycles. The van der Waals surface area contributed by atoms with Crippen LogP contribution >= 0.6 is 0 Å². The van der Waals surface area contributed by atoms with Crippen molar-refractivity contribution in [2.24, 2.45) is 11.8 Å². The van der Waals surface area contributed by atoms with E-state index in [-0.39, 0.29) is 36.9 Å². The molecule has 9 nitrogen and oxygen atoms in total. The number of hydrogen-bond donors (Lipinski definition) is 4. The first-order valence-electron chi connectivity index (χ1n) is 12.4. The van der Waals surface area contributed by atoms with Crippen molar-refractivity contribution < 1.29 is 23.1 Å². The molecule has 2 amide bonds. The molecule has 35 heavy (non-hydrogen) atoms. The van der Waals surface area contributed by atoms with Crippen molar-refractivity contribution in [2.75, 3.05) is 25.9 Å². The maximum absolute atomic E-state index is 13.3. The highest BCUT2D eigenvalue weighted by Gasteiger charge is 2.33. The summed E-state index contributed by atoms with van der Waals surface area (Å²) in [7, 11) is -3.55. The predicted octanol–water partition coefficient (Wildman–Crippen LogP) is 0.885. The molecule has 4 unspecified atom stereocenters. The van der Waals surface area contributed by atoms with Crippen LogP contribution in [0.25, 0.3) is 0 Å². The largest absolute Gasteiger partial charge is 0.390 e. The van der Waals surface area contributed by atoms with E-state index in [1.165, 1.54) is 4.31 Å². The van der Waals surface area contributed by atoms with Gasteiger partial charge < -0.3 is 21.1 Å². The van der Waals surface area contributed by atoms with Crippen LogP contribution in [0, 0.1) is 11.8 Å². The standard InChI is InChI=1S/C25H42N4O5S/c1-17(2)15-29(35(5,33)34)16-22(30)21(14-19-10-7-6-8-11-19)27-25(32)23(18(3)4)28-24(31)20-12-9-13-26-20/h6-8,10-11,17-18,20-23,26,30H,9,12-16H2,1-5H3,(H,27,32)(H,28,31). The Morgan fingerprint density at radius 3 is 2.29 bits per heavy atom. The molecule has 4 N–H and O–H groups in total. The zero-order chi connectivity index (χ0) is 26.2. The molecule has 0 radical (unpaired) electrons. The topological polar surface area (TPSA) is 128 Å². The number of aliphatic hydroxyl groups excluding tert-OH is 1. The lowest BCUT2D eigenvalue weighted by molar-refractivity contribution is -0.131. The molecule has 1 aliphatic heterocycles. The molecular formula is C25H42N4O5S. The summed E-state index contributed by atoms with van der Waals surface area (Å²) in [6.07, 6.45) is 1.93. The smallest absolute Gasteiger partial charge is 0.243 e. The minimum Gasteiger partial charge on any atom is -0.390 e. The summed E-state index contributed by atoms with van der Waals surface area (Å²) in [4.78, 5) is 26.0. The fraction of sp³-hybridized carbons (Fsp3) is 0.680. The van der Waals surface area contributed by atoms with Crippen LogP contribution in [0.3, 0.4) is 0 Å². The SMILES string of the molecule is CC(C)CN(CC(O)C(Cc1ccccc1)NC(=O)C(NC(=O)C1CCCN1)C(C)C)S(C)(=O)=O. The first kappa shape index (κ1) is 29.2. The Bertz CT molecular complexity index is 917. The van der Waals surface area contributed by atoms with E-state index in [0.29, 0.717) is 6.42 Å². The third-order valence-corrected chi connectivity index (χ3v) is 7.38. The number of hydrogen-bond acceptors (Lipinski definition) is 6. The summed E-state index contributed by atoms with van der Waals surface area (Å²) in [5, 5.41) is 20.0. The molecule has 4 atom stereocenters. The molecule has 0 spiro atoms. The quantitative estimate of drug-likeness (QED) is 0.312. The predicted molar refractivity (Wildman–Crippen MR) is 137 cm³/mol. The average Bonchev–Trinajstić information content (AvgIpc) is 3.31. The van der Waals surface area contributed by atoms with Crippen LogP contribution in [0.15, 0.2) is 30.3 Å². The molecule has 1 aromatic rings. The van der Waals surface area contributed by atoms with Gasteiger partial charge in [0.1, 0.15) is 6.04 Å². The molecule has 1 heterocycles. The van der Waals surface area contributed by atoms with E-state index in [1.807, 2.05) is 58.0 Å². The highest BCUT2D eigenvalue weighted by Crippen LogP contribution is 2.13. The van der Waals surface area contributed by atoms with E-state index in [0.717, 1.165) is 31.2 Å². The molecule has 10 heteroatoms. The molecule has 1 saturated heterocycles. The van der Waals surface area contributed by atoms with Gasteiger partial charge >= 0.3 is 0 Å². The lowest BCUT2D eigenvalue weighted by atomic mass is 9.98. The van der Waals surface area contributed by atoms with Crippen LogP contribution in [0.2, 0.25) is 0 Å². The average molecular weight is 511 g/mol. The van der Waals surface area contributed by atoms with Gasteiger partial charge in [0.15, 0.2) is 0 Å². The Morgan fingerprint density at radius 2 is 1.77 bits per heavy atom. The molecule has 0 saturated carbocycles. The van der Waals surface area contributed by atoms with E-state index in [1.54, 1.807) is 0 Å². The molecule has 1 fully saturated rings. The van der Waals surface area contributed by atoms with Crippen LogP contribution in [-0.4, -0.2) is 79.8 Å². The number of carbonyl (C=O) groups excluding carboxylic acids is 2. The zero-order valence-electron chi connectivity index (χ0n) is 21.5.